The van der Waals surface area contributed by atoms with E-state index >= 15 is 0 Å². The number of pyridine rings is 1. The maximum Gasteiger partial charge on any atom is 0.164 e. The third-order valence-electron chi connectivity index (χ3n) is 10.1. The van der Waals surface area contributed by atoms with Crippen LogP contribution in [0.5, 0.6) is 0 Å². The molecule has 0 N–H and O–H groups in total. The van der Waals surface area contributed by atoms with Gasteiger partial charge in [-0.1, -0.05) is 109 Å². The van der Waals surface area contributed by atoms with Gasteiger partial charge in [0, 0.05) is 39.0 Å². The second kappa shape index (κ2) is 11.2. The lowest BCUT2D eigenvalue weighted by Gasteiger charge is -2.13. The topological polar surface area (TPSA) is 69.6 Å². The van der Waals surface area contributed by atoms with Crippen molar-refractivity contribution in [1.29, 1.82) is 0 Å². The summed E-state index contributed by atoms with van der Waals surface area (Å²) >= 11 is 0. The van der Waals surface area contributed by atoms with Crippen LogP contribution >= 0.6 is 0 Å². The number of para-hydroxylation sites is 2. The molecule has 0 radical (unpaired) electrons. The Labute approximate surface area is 297 Å². The molecule has 0 aliphatic heterocycles. The van der Waals surface area contributed by atoms with Crippen LogP contribution in [0.4, 0.5) is 0 Å². The molecule has 242 valence electrons. The zero-order chi connectivity index (χ0) is 34.2. The second-order valence-electron chi connectivity index (χ2n) is 13.1. The maximum atomic E-state index is 6.20. The van der Waals surface area contributed by atoms with Crippen LogP contribution in [0.1, 0.15) is 0 Å². The van der Waals surface area contributed by atoms with Gasteiger partial charge in [-0.15, -0.1) is 0 Å². The van der Waals surface area contributed by atoms with Crippen molar-refractivity contribution in [3.05, 3.63) is 164 Å². The number of hydrogen-bond acceptors (Lipinski definition) is 5. The molecule has 0 unspecified atom stereocenters. The normalized spacial score (nSPS) is 11.8. The van der Waals surface area contributed by atoms with E-state index in [1.807, 2.05) is 30.3 Å². The predicted molar refractivity (Wildman–Crippen MR) is 211 cm³/mol. The Kier molecular flexibility index (Phi) is 6.15. The van der Waals surface area contributed by atoms with E-state index in [2.05, 4.69) is 137 Å². The number of nitrogens with zero attached hydrogens (tertiary/aromatic N) is 5. The average Bonchev–Trinajstić information content (AvgIpc) is 3.76. The molecule has 7 aromatic carbocycles. The number of rotatable bonds is 4. The molecule has 0 saturated carbocycles. The van der Waals surface area contributed by atoms with Crippen molar-refractivity contribution in [3.8, 4) is 39.9 Å². The molecule has 0 fully saturated rings. The highest BCUT2D eigenvalue weighted by molar-refractivity contribution is 6.11. The molecule has 4 heterocycles. The highest BCUT2D eigenvalue weighted by atomic mass is 16.3. The minimum absolute atomic E-state index is 0.561. The van der Waals surface area contributed by atoms with Gasteiger partial charge in [-0.2, -0.15) is 0 Å². The first-order chi connectivity index (χ1) is 25.8. The van der Waals surface area contributed by atoms with Gasteiger partial charge in [-0.25, -0.2) is 15.0 Å². The Morgan fingerprint density at radius 1 is 0.442 bits per heavy atom. The number of furan rings is 1. The minimum atomic E-state index is 0.561. The van der Waals surface area contributed by atoms with Crippen LogP contribution in [-0.2, 0) is 0 Å². The zero-order valence-electron chi connectivity index (χ0n) is 27.7. The van der Waals surface area contributed by atoms with Crippen molar-refractivity contribution in [1.82, 2.24) is 24.5 Å². The summed E-state index contributed by atoms with van der Waals surface area (Å²) in [7, 11) is 0. The van der Waals surface area contributed by atoms with E-state index in [4.69, 9.17) is 19.4 Å². The monoisotopic (exact) mass is 665 g/mol. The predicted octanol–water partition coefficient (Wildman–Crippen LogP) is 11.6. The Hall–Kier alpha value is -7.18. The molecule has 0 spiro atoms. The van der Waals surface area contributed by atoms with Crippen LogP contribution < -0.4 is 0 Å². The molecule has 52 heavy (non-hydrogen) atoms. The second-order valence-corrected chi connectivity index (χ2v) is 13.1. The molecule has 0 bridgehead atoms. The fraction of sp³-hybridized carbons (Fsp3) is 0. The van der Waals surface area contributed by atoms with Gasteiger partial charge in [0.2, 0.25) is 0 Å². The van der Waals surface area contributed by atoms with Gasteiger partial charge < -0.3 is 8.98 Å². The first kappa shape index (κ1) is 28.6. The van der Waals surface area contributed by atoms with Crippen LogP contribution in [0.3, 0.4) is 0 Å². The maximum absolute atomic E-state index is 6.20. The molecule has 0 amide bonds. The Morgan fingerprint density at radius 3 is 1.88 bits per heavy atom. The van der Waals surface area contributed by atoms with Gasteiger partial charge in [0.05, 0.1) is 22.1 Å². The highest BCUT2D eigenvalue weighted by Crippen LogP contribution is 2.38. The molecule has 4 aromatic heterocycles. The number of fused-ring (bicyclic) bond motifs is 8. The standard InChI is InChI=1S/C46H27N5O/c1-2-11-29-26-31(22-21-28(29)10-1)44-48-45(50-46(49-44)36-15-8-19-40-42(36)43-41(52-40)20-9-25-47-43)32-23-24-33-30(27-32)12-7-18-37(33)51-38-16-5-3-13-34(38)35-14-4-6-17-39(35)51/h1-27H. The first-order valence-electron chi connectivity index (χ1n) is 17.3. The highest BCUT2D eigenvalue weighted by Gasteiger charge is 2.19. The average molecular weight is 666 g/mol. The van der Waals surface area contributed by atoms with E-state index < -0.39 is 0 Å². The summed E-state index contributed by atoms with van der Waals surface area (Å²) in [6, 6.07) is 54.7. The van der Waals surface area contributed by atoms with Crippen molar-refractivity contribution in [2.24, 2.45) is 0 Å². The number of benzene rings is 7. The third-order valence-corrected chi connectivity index (χ3v) is 10.1. The van der Waals surface area contributed by atoms with Crippen molar-refractivity contribution in [2.45, 2.75) is 0 Å². The van der Waals surface area contributed by atoms with Gasteiger partial charge in [0.1, 0.15) is 11.1 Å². The summed E-state index contributed by atoms with van der Waals surface area (Å²) in [6.45, 7) is 0. The molecular weight excluding hydrogens is 639 g/mol. The smallest absolute Gasteiger partial charge is 0.164 e. The molecule has 0 aliphatic rings. The molecule has 0 atom stereocenters. The van der Waals surface area contributed by atoms with Crippen LogP contribution in [0.25, 0.3) is 105 Å². The fourth-order valence-electron chi connectivity index (χ4n) is 7.69. The summed E-state index contributed by atoms with van der Waals surface area (Å²) in [4.78, 5) is 20.1. The molecule has 6 nitrogen and oxygen atoms in total. The molecule has 6 heteroatoms. The molecular formula is C46H27N5O. The van der Waals surface area contributed by atoms with Gasteiger partial charge in [-0.05, 0) is 64.7 Å². The first-order valence-corrected chi connectivity index (χ1v) is 17.3. The van der Waals surface area contributed by atoms with Gasteiger partial charge >= 0.3 is 0 Å². The quantitative estimate of drug-likeness (QED) is 0.187. The van der Waals surface area contributed by atoms with Crippen molar-refractivity contribution < 1.29 is 4.42 Å². The van der Waals surface area contributed by atoms with Crippen LogP contribution in [-0.4, -0.2) is 24.5 Å². The Bertz CT molecular complexity index is 3160. The zero-order valence-corrected chi connectivity index (χ0v) is 27.7. The Balaban J connectivity index is 1.13. The lowest BCUT2D eigenvalue weighted by Crippen LogP contribution is -2.01. The van der Waals surface area contributed by atoms with E-state index in [1.165, 1.54) is 21.8 Å². The van der Waals surface area contributed by atoms with Crippen LogP contribution in [0, 0.1) is 0 Å². The number of hydrogen-bond donors (Lipinski definition) is 0. The molecule has 0 saturated heterocycles. The van der Waals surface area contributed by atoms with Crippen molar-refractivity contribution in [3.63, 3.8) is 0 Å². The summed E-state index contributed by atoms with van der Waals surface area (Å²) in [5, 5.41) is 7.88. The minimum Gasteiger partial charge on any atom is -0.454 e. The third kappa shape index (κ3) is 4.38. The van der Waals surface area contributed by atoms with E-state index in [0.717, 1.165) is 66.0 Å². The molecule has 0 aliphatic carbocycles. The lowest BCUT2D eigenvalue weighted by molar-refractivity contribution is 0.668. The lowest BCUT2D eigenvalue weighted by atomic mass is 10.0. The van der Waals surface area contributed by atoms with E-state index in [-0.39, 0.29) is 0 Å². The van der Waals surface area contributed by atoms with Gasteiger partial charge in [0.15, 0.2) is 23.1 Å². The summed E-state index contributed by atoms with van der Waals surface area (Å²) in [5.41, 5.74) is 8.39. The summed E-state index contributed by atoms with van der Waals surface area (Å²) in [6.07, 6.45) is 1.79. The van der Waals surface area contributed by atoms with Crippen LogP contribution in [0.2, 0.25) is 0 Å². The van der Waals surface area contributed by atoms with Gasteiger partial charge in [0.25, 0.3) is 0 Å². The van der Waals surface area contributed by atoms with E-state index in [1.54, 1.807) is 6.20 Å². The summed E-state index contributed by atoms with van der Waals surface area (Å²) in [5.74, 6) is 1.75. The van der Waals surface area contributed by atoms with Crippen LogP contribution in [0.15, 0.2) is 168 Å². The SMILES string of the molecule is c1ccc2cc(-c3nc(-c4ccc5c(-n6c7ccccc7c7ccccc76)cccc5c4)nc(-c4cccc5oc6cccnc6c45)n3)ccc2c1. The van der Waals surface area contributed by atoms with Crippen molar-refractivity contribution >= 4 is 65.4 Å². The summed E-state index contributed by atoms with van der Waals surface area (Å²) < 4.78 is 8.57. The fourth-order valence-corrected chi connectivity index (χ4v) is 7.69. The van der Waals surface area contributed by atoms with Crippen molar-refractivity contribution in [2.75, 3.05) is 0 Å². The molecule has 11 aromatic rings. The largest absolute Gasteiger partial charge is 0.454 e. The van der Waals surface area contributed by atoms with E-state index in [9.17, 15) is 0 Å². The van der Waals surface area contributed by atoms with E-state index in [0.29, 0.717) is 17.5 Å². The Morgan fingerprint density at radius 2 is 1.08 bits per heavy atom. The molecule has 11 rings (SSSR count). The number of aromatic nitrogens is 5. The van der Waals surface area contributed by atoms with Gasteiger partial charge in [-0.3, -0.25) is 4.98 Å².